The SMILES string of the molecule is Cc1cc(C)cc(NC(=O)COc2ccc(N3CCCC3=O)cc2)c1. The van der Waals surface area contributed by atoms with Gasteiger partial charge in [-0.15, -0.1) is 0 Å². The number of nitrogens with zero attached hydrogens (tertiary/aromatic N) is 1. The van der Waals surface area contributed by atoms with E-state index in [4.69, 9.17) is 4.74 Å². The van der Waals surface area contributed by atoms with E-state index in [1.807, 2.05) is 38.1 Å². The average molecular weight is 338 g/mol. The van der Waals surface area contributed by atoms with Crippen LogP contribution in [0, 0.1) is 13.8 Å². The van der Waals surface area contributed by atoms with Gasteiger partial charge >= 0.3 is 0 Å². The normalized spacial score (nSPS) is 13.8. The second-order valence-electron chi connectivity index (χ2n) is 6.36. The Hall–Kier alpha value is -2.82. The monoisotopic (exact) mass is 338 g/mol. The van der Waals surface area contributed by atoms with Crippen LogP contribution in [0.4, 0.5) is 11.4 Å². The molecule has 1 saturated heterocycles. The van der Waals surface area contributed by atoms with Crippen molar-refractivity contribution in [3.8, 4) is 5.75 Å². The summed E-state index contributed by atoms with van der Waals surface area (Å²) in [5.74, 6) is 0.552. The first-order valence-electron chi connectivity index (χ1n) is 8.43. The van der Waals surface area contributed by atoms with Gasteiger partial charge < -0.3 is 15.0 Å². The van der Waals surface area contributed by atoms with Gasteiger partial charge in [0.15, 0.2) is 6.61 Å². The minimum absolute atomic E-state index is 0.0605. The molecule has 0 unspecified atom stereocenters. The largest absolute Gasteiger partial charge is 0.484 e. The number of anilines is 2. The van der Waals surface area contributed by atoms with Crippen molar-refractivity contribution in [2.75, 3.05) is 23.4 Å². The zero-order valence-electron chi connectivity index (χ0n) is 14.5. The maximum absolute atomic E-state index is 12.0. The van der Waals surface area contributed by atoms with Crippen molar-refractivity contribution in [2.24, 2.45) is 0 Å². The fourth-order valence-corrected chi connectivity index (χ4v) is 3.04. The number of hydrogen-bond acceptors (Lipinski definition) is 3. The molecule has 0 saturated carbocycles. The van der Waals surface area contributed by atoms with Crippen molar-refractivity contribution in [2.45, 2.75) is 26.7 Å². The zero-order valence-corrected chi connectivity index (χ0v) is 14.5. The van der Waals surface area contributed by atoms with E-state index in [9.17, 15) is 9.59 Å². The number of benzene rings is 2. The molecular weight excluding hydrogens is 316 g/mol. The van der Waals surface area contributed by atoms with Crippen LogP contribution < -0.4 is 15.0 Å². The van der Waals surface area contributed by atoms with Crippen molar-refractivity contribution in [3.63, 3.8) is 0 Å². The van der Waals surface area contributed by atoms with Gasteiger partial charge in [-0.2, -0.15) is 0 Å². The number of carbonyl (C=O) groups excluding carboxylic acids is 2. The van der Waals surface area contributed by atoms with Crippen LogP contribution in [0.25, 0.3) is 0 Å². The lowest BCUT2D eigenvalue weighted by molar-refractivity contribution is -0.118. The molecule has 1 N–H and O–H groups in total. The summed E-state index contributed by atoms with van der Waals surface area (Å²) in [6.45, 7) is 4.68. The summed E-state index contributed by atoms with van der Waals surface area (Å²) < 4.78 is 5.53. The van der Waals surface area contributed by atoms with E-state index in [0.717, 1.165) is 35.5 Å². The Bertz CT molecular complexity index is 764. The first kappa shape index (κ1) is 17.0. The average Bonchev–Trinajstić information content (AvgIpc) is 2.98. The summed E-state index contributed by atoms with van der Waals surface area (Å²) in [4.78, 5) is 25.6. The van der Waals surface area contributed by atoms with Crippen molar-refractivity contribution in [1.82, 2.24) is 0 Å². The van der Waals surface area contributed by atoms with Gasteiger partial charge in [-0.25, -0.2) is 0 Å². The molecule has 5 heteroatoms. The third-order valence-corrected chi connectivity index (χ3v) is 4.10. The molecule has 0 bridgehead atoms. The third kappa shape index (κ3) is 4.38. The summed E-state index contributed by atoms with van der Waals surface area (Å²) in [5.41, 5.74) is 3.84. The Morgan fingerprint density at radius 2 is 1.80 bits per heavy atom. The summed E-state index contributed by atoms with van der Waals surface area (Å²) in [6.07, 6.45) is 1.51. The van der Waals surface area contributed by atoms with Gasteiger partial charge in [-0.1, -0.05) is 6.07 Å². The van der Waals surface area contributed by atoms with Gasteiger partial charge in [0.25, 0.3) is 5.91 Å². The van der Waals surface area contributed by atoms with Crippen molar-refractivity contribution in [1.29, 1.82) is 0 Å². The highest BCUT2D eigenvalue weighted by Gasteiger charge is 2.21. The second-order valence-corrected chi connectivity index (χ2v) is 6.36. The van der Waals surface area contributed by atoms with E-state index in [2.05, 4.69) is 11.4 Å². The Morgan fingerprint density at radius 1 is 1.12 bits per heavy atom. The highest BCUT2D eigenvalue weighted by atomic mass is 16.5. The van der Waals surface area contributed by atoms with Crippen LogP contribution in [0.1, 0.15) is 24.0 Å². The lowest BCUT2D eigenvalue weighted by Gasteiger charge is -2.16. The van der Waals surface area contributed by atoms with Crippen LogP contribution >= 0.6 is 0 Å². The zero-order chi connectivity index (χ0) is 17.8. The fourth-order valence-electron chi connectivity index (χ4n) is 3.04. The first-order chi connectivity index (χ1) is 12.0. The highest BCUT2D eigenvalue weighted by molar-refractivity contribution is 5.95. The van der Waals surface area contributed by atoms with E-state index in [1.54, 1.807) is 17.0 Å². The smallest absolute Gasteiger partial charge is 0.262 e. The van der Waals surface area contributed by atoms with Crippen molar-refractivity contribution >= 4 is 23.2 Å². The number of hydrogen-bond donors (Lipinski definition) is 1. The molecule has 0 aliphatic carbocycles. The van der Waals surface area contributed by atoms with Crippen LogP contribution in [-0.2, 0) is 9.59 Å². The number of carbonyl (C=O) groups is 2. The molecule has 1 aliphatic rings. The number of aryl methyl sites for hydroxylation is 2. The predicted molar refractivity (Wildman–Crippen MR) is 98.1 cm³/mol. The molecule has 1 fully saturated rings. The summed E-state index contributed by atoms with van der Waals surface area (Å²) >= 11 is 0. The van der Waals surface area contributed by atoms with Gasteiger partial charge in [-0.05, 0) is 67.8 Å². The number of nitrogens with one attached hydrogen (secondary N) is 1. The lowest BCUT2D eigenvalue weighted by Crippen LogP contribution is -2.23. The quantitative estimate of drug-likeness (QED) is 0.908. The maximum atomic E-state index is 12.0. The molecule has 1 aliphatic heterocycles. The molecule has 0 aromatic heterocycles. The molecule has 1 heterocycles. The summed E-state index contributed by atoms with van der Waals surface area (Å²) in [6, 6.07) is 13.2. The van der Waals surface area contributed by atoms with Crippen molar-refractivity contribution < 1.29 is 14.3 Å². The molecule has 0 atom stereocenters. The predicted octanol–water partition coefficient (Wildman–Crippen LogP) is 3.45. The van der Waals surface area contributed by atoms with Crippen LogP contribution in [-0.4, -0.2) is 25.0 Å². The Kier molecular flexibility index (Phi) is 5.03. The number of amides is 2. The molecule has 0 spiro atoms. The van der Waals surface area contributed by atoms with E-state index in [1.165, 1.54) is 0 Å². The van der Waals surface area contributed by atoms with Gasteiger partial charge in [0, 0.05) is 24.3 Å². The summed E-state index contributed by atoms with van der Waals surface area (Å²) in [5, 5.41) is 2.84. The van der Waals surface area contributed by atoms with Crippen LogP contribution in [0.15, 0.2) is 42.5 Å². The second kappa shape index (κ2) is 7.38. The third-order valence-electron chi connectivity index (χ3n) is 4.10. The topological polar surface area (TPSA) is 58.6 Å². The first-order valence-corrected chi connectivity index (χ1v) is 8.43. The lowest BCUT2D eigenvalue weighted by atomic mass is 10.1. The molecule has 0 radical (unpaired) electrons. The molecular formula is C20H22N2O3. The molecule has 2 aromatic rings. The van der Waals surface area contributed by atoms with Gasteiger partial charge in [0.1, 0.15) is 5.75 Å². The van der Waals surface area contributed by atoms with Crippen LogP contribution in [0.3, 0.4) is 0 Å². The van der Waals surface area contributed by atoms with Crippen LogP contribution in [0.5, 0.6) is 5.75 Å². The Labute approximate surface area is 147 Å². The maximum Gasteiger partial charge on any atom is 0.262 e. The fraction of sp³-hybridized carbons (Fsp3) is 0.300. The van der Waals surface area contributed by atoms with Crippen LogP contribution in [0.2, 0.25) is 0 Å². The molecule has 3 rings (SSSR count). The highest BCUT2D eigenvalue weighted by Crippen LogP contribution is 2.24. The molecule has 130 valence electrons. The summed E-state index contributed by atoms with van der Waals surface area (Å²) in [7, 11) is 0. The minimum Gasteiger partial charge on any atom is -0.484 e. The van der Waals surface area contributed by atoms with Gasteiger partial charge in [0.2, 0.25) is 5.91 Å². The Balaban J connectivity index is 1.54. The van der Waals surface area contributed by atoms with Gasteiger partial charge in [-0.3, -0.25) is 9.59 Å². The minimum atomic E-state index is -0.205. The molecule has 2 aromatic carbocycles. The number of rotatable bonds is 5. The molecule has 2 amide bonds. The van der Waals surface area contributed by atoms with E-state index < -0.39 is 0 Å². The molecule has 5 nitrogen and oxygen atoms in total. The standard InChI is InChI=1S/C20H22N2O3/c1-14-10-15(2)12-16(11-14)21-19(23)13-25-18-7-5-17(6-8-18)22-9-3-4-20(22)24/h5-8,10-12H,3-4,9,13H2,1-2H3,(H,21,23). The Morgan fingerprint density at radius 3 is 2.40 bits per heavy atom. The van der Waals surface area contributed by atoms with Gasteiger partial charge in [0.05, 0.1) is 0 Å². The van der Waals surface area contributed by atoms with E-state index in [-0.39, 0.29) is 18.4 Å². The molecule has 25 heavy (non-hydrogen) atoms. The van der Waals surface area contributed by atoms with E-state index in [0.29, 0.717) is 12.2 Å². The van der Waals surface area contributed by atoms with E-state index >= 15 is 0 Å². The number of ether oxygens (including phenoxy) is 1. The van der Waals surface area contributed by atoms with Crippen molar-refractivity contribution in [3.05, 3.63) is 53.6 Å².